The Hall–Kier alpha value is -2.58. The van der Waals surface area contributed by atoms with Crippen molar-refractivity contribution in [2.45, 2.75) is 6.04 Å². The van der Waals surface area contributed by atoms with E-state index in [4.69, 9.17) is 4.99 Å². The maximum atomic E-state index is 9.25. The van der Waals surface area contributed by atoms with Gasteiger partial charge in [0.1, 0.15) is 6.04 Å². The summed E-state index contributed by atoms with van der Waals surface area (Å²) in [4.78, 5) is 4.90. The number of halogens is 1. The highest BCUT2D eigenvalue weighted by atomic mass is 79.9. The van der Waals surface area contributed by atoms with E-state index in [0.717, 1.165) is 41.3 Å². The molecule has 0 bridgehead atoms. The van der Waals surface area contributed by atoms with Crippen LogP contribution in [0.3, 0.4) is 0 Å². The molecule has 4 nitrogen and oxygen atoms in total. The van der Waals surface area contributed by atoms with Crippen LogP contribution in [0, 0.1) is 11.3 Å². The number of guanidine groups is 1. The molecule has 0 spiro atoms. The third kappa shape index (κ3) is 2.93. The van der Waals surface area contributed by atoms with Crippen molar-refractivity contribution in [3.8, 4) is 6.07 Å². The smallest absolute Gasteiger partial charge is 0.192 e. The minimum absolute atomic E-state index is 0. The molecule has 0 aromatic heterocycles. The van der Waals surface area contributed by atoms with Crippen LogP contribution in [0.1, 0.15) is 33.9 Å². The van der Waals surface area contributed by atoms with E-state index in [2.05, 4.69) is 41.0 Å². The lowest BCUT2D eigenvalue weighted by atomic mass is 9.93. The van der Waals surface area contributed by atoms with Crippen LogP contribution in [0.4, 0.5) is 0 Å². The molecular formula is C19H17BrN4. The Morgan fingerprint density at radius 3 is 2.42 bits per heavy atom. The fraction of sp³-hybridized carbons (Fsp3) is 0.158. The second kappa shape index (κ2) is 6.90. The normalized spacial score (nSPS) is 17.3. The molecule has 1 saturated heterocycles. The Balaban J connectivity index is 0.00000169. The van der Waals surface area contributed by atoms with Crippen LogP contribution in [0.2, 0.25) is 0 Å². The summed E-state index contributed by atoms with van der Waals surface area (Å²) in [6.07, 6.45) is 4.22. The second-order valence-electron chi connectivity index (χ2n) is 5.65. The predicted octanol–water partition coefficient (Wildman–Crippen LogP) is 3.26. The van der Waals surface area contributed by atoms with E-state index in [0.29, 0.717) is 5.56 Å². The molecule has 1 fully saturated rings. The monoisotopic (exact) mass is 380 g/mol. The van der Waals surface area contributed by atoms with Crippen LogP contribution in [-0.4, -0.2) is 19.0 Å². The Labute approximate surface area is 151 Å². The molecule has 120 valence electrons. The van der Waals surface area contributed by atoms with Crippen LogP contribution >= 0.6 is 17.0 Å². The third-order valence-corrected chi connectivity index (χ3v) is 4.21. The number of nitriles is 1. The molecule has 0 amide bonds. The van der Waals surface area contributed by atoms with Gasteiger partial charge in [-0.25, -0.2) is 4.99 Å². The summed E-state index contributed by atoms with van der Waals surface area (Å²) >= 11 is 0. The number of aliphatic imine (C=N–C) groups is 1. The minimum Gasteiger partial charge on any atom is -0.355 e. The highest BCUT2D eigenvalue weighted by molar-refractivity contribution is 8.93. The van der Waals surface area contributed by atoms with Gasteiger partial charge in [-0.15, -0.1) is 17.0 Å². The first-order valence-corrected chi connectivity index (χ1v) is 7.72. The number of rotatable bonds is 1. The van der Waals surface area contributed by atoms with E-state index < -0.39 is 0 Å². The number of nitrogens with zero attached hydrogens (tertiary/aromatic N) is 2. The first-order valence-electron chi connectivity index (χ1n) is 7.72. The second-order valence-corrected chi connectivity index (χ2v) is 5.65. The number of hydrogen-bond donors (Lipinski definition) is 2. The van der Waals surface area contributed by atoms with E-state index in [1.54, 1.807) is 0 Å². The van der Waals surface area contributed by atoms with Crippen LogP contribution in [0.15, 0.2) is 47.5 Å². The molecular weight excluding hydrogens is 364 g/mol. The van der Waals surface area contributed by atoms with Crippen LogP contribution in [0.5, 0.6) is 0 Å². The lowest BCUT2D eigenvalue weighted by Crippen LogP contribution is -2.25. The summed E-state index contributed by atoms with van der Waals surface area (Å²) in [7, 11) is 0. The van der Waals surface area contributed by atoms with E-state index in [-0.39, 0.29) is 23.0 Å². The standard InChI is InChI=1S/C19H16N4.BrH/c20-12-13-5-6-15-8-7-14-3-1-2-4-16(14)18(17(15)11-13)23-19-21-9-10-22-19;/h1-8,11,18H,9-10H2,(H2,21,22,23);1H. The van der Waals surface area contributed by atoms with Gasteiger partial charge < -0.3 is 10.6 Å². The molecule has 24 heavy (non-hydrogen) atoms. The van der Waals surface area contributed by atoms with Gasteiger partial charge in [-0.3, -0.25) is 0 Å². The maximum absolute atomic E-state index is 9.25. The third-order valence-electron chi connectivity index (χ3n) is 4.21. The van der Waals surface area contributed by atoms with Gasteiger partial charge in [-0.2, -0.15) is 5.26 Å². The molecule has 1 aliphatic carbocycles. The highest BCUT2D eigenvalue weighted by Crippen LogP contribution is 2.36. The van der Waals surface area contributed by atoms with Crippen molar-refractivity contribution in [3.05, 3.63) is 70.3 Å². The lowest BCUT2D eigenvalue weighted by molar-refractivity contribution is 0.851. The predicted molar refractivity (Wildman–Crippen MR) is 102 cm³/mol. The number of fused-ring (bicyclic) bond motifs is 2. The van der Waals surface area contributed by atoms with Crippen LogP contribution < -0.4 is 10.6 Å². The van der Waals surface area contributed by atoms with Gasteiger partial charge >= 0.3 is 0 Å². The molecule has 2 N–H and O–H groups in total. The first kappa shape index (κ1) is 16.3. The van der Waals surface area contributed by atoms with Crippen molar-refractivity contribution >= 4 is 35.1 Å². The molecule has 0 saturated carbocycles. The van der Waals surface area contributed by atoms with Crippen molar-refractivity contribution in [1.29, 1.82) is 5.26 Å². The van der Waals surface area contributed by atoms with Crippen molar-refractivity contribution in [1.82, 2.24) is 10.6 Å². The quantitative estimate of drug-likeness (QED) is 0.797. The SMILES string of the molecule is Br.N#Cc1ccc2c(c1)C(N=C1NCCN1)c1ccccc1C=C2. The topological polar surface area (TPSA) is 60.2 Å². The van der Waals surface area contributed by atoms with Gasteiger partial charge in [0.05, 0.1) is 11.6 Å². The van der Waals surface area contributed by atoms with Crippen molar-refractivity contribution in [2.75, 3.05) is 13.1 Å². The molecule has 5 heteroatoms. The average Bonchev–Trinajstić information content (AvgIpc) is 3.06. The largest absolute Gasteiger partial charge is 0.355 e. The zero-order valence-corrected chi connectivity index (χ0v) is 14.7. The molecule has 1 atom stereocenters. The zero-order valence-electron chi connectivity index (χ0n) is 13.0. The maximum Gasteiger partial charge on any atom is 0.192 e. The van der Waals surface area contributed by atoms with Gasteiger partial charge in [0.2, 0.25) is 0 Å². The van der Waals surface area contributed by atoms with E-state index in [9.17, 15) is 5.26 Å². The molecule has 1 heterocycles. The van der Waals surface area contributed by atoms with Gasteiger partial charge in [0.15, 0.2) is 5.96 Å². The summed E-state index contributed by atoms with van der Waals surface area (Å²) in [5.41, 5.74) is 5.14. The molecule has 0 radical (unpaired) electrons. The molecule has 1 aliphatic heterocycles. The van der Waals surface area contributed by atoms with Crippen LogP contribution in [0.25, 0.3) is 12.2 Å². The molecule has 2 aromatic carbocycles. The van der Waals surface area contributed by atoms with Crippen molar-refractivity contribution in [3.63, 3.8) is 0 Å². The fourth-order valence-electron chi connectivity index (χ4n) is 3.08. The molecule has 2 aliphatic rings. The average molecular weight is 381 g/mol. The first-order chi connectivity index (χ1) is 11.3. The Morgan fingerprint density at radius 1 is 0.958 bits per heavy atom. The Bertz CT molecular complexity index is 856. The van der Waals surface area contributed by atoms with E-state index in [1.807, 2.05) is 30.3 Å². The summed E-state index contributed by atoms with van der Waals surface area (Å²) in [6, 6.07) is 16.2. The number of benzene rings is 2. The Kier molecular flexibility index (Phi) is 4.68. The van der Waals surface area contributed by atoms with Gasteiger partial charge in [-0.05, 0) is 34.4 Å². The van der Waals surface area contributed by atoms with Crippen molar-refractivity contribution < 1.29 is 0 Å². The Morgan fingerprint density at radius 2 is 1.67 bits per heavy atom. The summed E-state index contributed by atoms with van der Waals surface area (Å²) in [5.74, 6) is 0.819. The summed E-state index contributed by atoms with van der Waals surface area (Å²) < 4.78 is 0. The summed E-state index contributed by atoms with van der Waals surface area (Å²) in [6.45, 7) is 1.77. The number of nitrogens with one attached hydrogen (secondary N) is 2. The van der Waals surface area contributed by atoms with Crippen LogP contribution in [-0.2, 0) is 0 Å². The van der Waals surface area contributed by atoms with Gasteiger partial charge in [-0.1, -0.05) is 42.5 Å². The van der Waals surface area contributed by atoms with Gasteiger partial charge in [0, 0.05) is 13.1 Å². The highest BCUT2D eigenvalue weighted by Gasteiger charge is 2.22. The van der Waals surface area contributed by atoms with Gasteiger partial charge in [0.25, 0.3) is 0 Å². The molecule has 2 aromatic rings. The molecule has 1 unspecified atom stereocenters. The van der Waals surface area contributed by atoms with Crippen molar-refractivity contribution in [2.24, 2.45) is 4.99 Å². The van der Waals surface area contributed by atoms with E-state index in [1.165, 1.54) is 0 Å². The minimum atomic E-state index is -0.127. The van der Waals surface area contributed by atoms with E-state index >= 15 is 0 Å². The lowest BCUT2D eigenvalue weighted by Gasteiger charge is -2.17. The zero-order chi connectivity index (χ0) is 15.6. The molecule has 4 rings (SSSR count). The summed E-state index contributed by atoms with van der Waals surface area (Å²) in [5, 5.41) is 15.8. The number of hydrogen-bond acceptors (Lipinski definition) is 2. The fourth-order valence-corrected chi connectivity index (χ4v) is 3.08.